The van der Waals surface area contributed by atoms with Gasteiger partial charge in [-0.25, -0.2) is 21.8 Å². The lowest BCUT2D eigenvalue weighted by Gasteiger charge is -2.18. The van der Waals surface area contributed by atoms with Crippen molar-refractivity contribution in [2.45, 2.75) is 12.8 Å². The third-order valence-corrected chi connectivity index (χ3v) is 8.27. The first-order valence-corrected chi connectivity index (χ1v) is 14.2. The molecule has 17 heteroatoms. The van der Waals surface area contributed by atoms with Crippen LogP contribution in [0.4, 0.5) is 19.0 Å². The fourth-order valence-corrected chi connectivity index (χ4v) is 6.24. The third kappa shape index (κ3) is 5.77. The standard InChI is InChI=1S/C21H19F3N6O6S2/c1-29-17(12-35-15-6-4-14(5-7-15)21(22,23)24)16(11-26-29)20-27-19(28-36-20)13-8-9-25-18(10-13)30(37(2,31)32)38(3,33)34/h4-11H,12H2,1-3H3. The van der Waals surface area contributed by atoms with Gasteiger partial charge in [-0.3, -0.25) is 4.68 Å². The lowest BCUT2D eigenvalue weighted by atomic mass is 10.2. The molecule has 0 radical (unpaired) electrons. The number of ether oxygens (including phenoxy) is 1. The van der Waals surface area contributed by atoms with Crippen LogP contribution in [0, 0.1) is 0 Å². The van der Waals surface area contributed by atoms with E-state index in [0.717, 1.165) is 24.6 Å². The maximum atomic E-state index is 12.8. The molecule has 0 aliphatic rings. The molecule has 0 atom stereocenters. The van der Waals surface area contributed by atoms with Crippen LogP contribution < -0.4 is 8.45 Å². The number of pyridine rings is 1. The van der Waals surface area contributed by atoms with Gasteiger partial charge in [0.1, 0.15) is 12.4 Å². The highest BCUT2D eigenvalue weighted by atomic mass is 32.3. The second kappa shape index (κ2) is 9.71. The van der Waals surface area contributed by atoms with E-state index in [1.54, 1.807) is 7.05 Å². The number of anilines is 1. The van der Waals surface area contributed by atoms with Gasteiger partial charge in [0.25, 0.3) is 5.89 Å². The monoisotopic (exact) mass is 572 g/mol. The number of hydrogen-bond acceptors (Lipinski definition) is 10. The summed E-state index contributed by atoms with van der Waals surface area (Å²) in [6, 6.07) is 6.80. The molecule has 0 amide bonds. The number of aryl methyl sites for hydroxylation is 1. The van der Waals surface area contributed by atoms with Crippen molar-refractivity contribution in [1.82, 2.24) is 24.9 Å². The van der Waals surface area contributed by atoms with E-state index in [4.69, 9.17) is 9.26 Å². The first-order chi connectivity index (χ1) is 17.6. The molecule has 38 heavy (non-hydrogen) atoms. The first kappa shape index (κ1) is 27.1. The molecule has 0 aliphatic carbocycles. The predicted molar refractivity (Wildman–Crippen MR) is 128 cm³/mol. The van der Waals surface area contributed by atoms with Gasteiger partial charge in [0.2, 0.25) is 25.9 Å². The number of aromatic nitrogens is 5. The minimum atomic E-state index is -4.47. The van der Waals surface area contributed by atoms with E-state index in [1.165, 1.54) is 41.3 Å². The van der Waals surface area contributed by atoms with Crippen molar-refractivity contribution in [2.75, 3.05) is 16.2 Å². The van der Waals surface area contributed by atoms with Crippen molar-refractivity contribution < 1.29 is 39.3 Å². The summed E-state index contributed by atoms with van der Waals surface area (Å²) in [6.45, 7) is -0.0913. The van der Waals surface area contributed by atoms with Crippen molar-refractivity contribution >= 4 is 25.9 Å². The molecule has 4 aromatic rings. The summed E-state index contributed by atoms with van der Waals surface area (Å²) in [5.41, 5.74) is 0.255. The fourth-order valence-electron chi connectivity index (χ4n) is 3.40. The van der Waals surface area contributed by atoms with Gasteiger partial charge in [0.15, 0.2) is 5.82 Å². The molecular formula is C21H19F3N6O6S2. The lowest BCUT2D eigenvalue weighted by molar-refractivity contribution is -0.137. The highest BCUT2D eigenvalue weighted by Gasteiger charge is 2.30. The van der Waals surface area contributed by atoms with Crippen LogP contribution in [0.5, 0.6) is 5.75 Å². The van der Waals surface area contributed by atoms with E-state index in [0.29, 0.717) is 11.3 Å². The predicted octanol–water partition coefficient (Wildman–Crippen LogP) is 2.86. The zero-order valence-corrected chi connectivity index (χ0v) is 21.5. The Kier molecular flexibility index (Phi) is 6.92. The van der Waals surface area contributed by atoms with Gasteiger partial charge < -0.3 is 9.26 Å². The van der Waals surface area contributed by atoms with E-state index < -0.39 is 31.8 Å². The SMILES string of the molecule is Cn1ncc(-c2nc(-c3ccnc(N(S(C)(=O)=O)S(C)(=O)=O)c3)no2)c1COc1ccc(C(F)(F)F)cc1. The van der Waals surface area contributed by atoms with Crippen molar-refractivity contribution in [3.8, 4) is 28.6 Å². The molecule has 0 bridgehead atoms. The number of alkyl halides is 3. The van der Waals surface area contributed by atoms with Gasteiger partial charge in [-0.05, 0) is 36.4 Å². The Balaban J connectivity index is 1.59. The number of halogens is 3. The normalized spacial score (nSPS) is 12.5. The van der Waals surface area contributed by atoms with Gasteiger partial charge in [-0.15, -0.1) is 3.71 Å². The summed E-state index contributed by atoms with van der Waals surface area (Å²) in [6.07, 6.45) is -0.392. The minimum Gasteiger partial charge on any atom is -0.487 e. The van der Waals surface area contributed by atoms with Gasteiger partial charge >= 0.3 is 6.18 Å². The van der Waals surface area contributed by atoms with Crippen LogP contribution in [0.3, 0.4) is 0 Å². The number of benzene rings is 1. The summed E-state index contributed by atoms with van der Waals surface area (Å²) in [5, 5.41) is 8.01. The van der Waals surface area contributed by atoms with Gasteiger partial charge in [0, 0.05) is 18.8 Å². The zero-order valence-electron chi connectivity index (χ0n) is 19.9. The molecule has 0 unspecified atom stereocenters. The van der Waals surface area contributed by atoms with E-state index >= 15 is 0 Å². The van der Waals surface area contributed by atoms with Crippen molar-refractivity contribution in [3.63, 3.8) is 0 Å². The molecule has 0 aliphatic heterocycles. The van der Waals surface area contributed by atoms with Gasteiger partial charge in [-0.1, -0.05) is 5.16 Å². The van der Waals surface area contributed by atoms with Crippen LogP contribution in [0.15, 0.2) is 53.3 Å². The number of nitrogens with zero attached hydrogens (tertiary/aromatic N) is 6. The molecule has 4 rings (SSSR count). The molecule has 3 aromatic heterocycles. The third-order valence-electron chi connectivity index (χ3n) is 5.07. The van der Waals surface area contributed by atoms with Crippen molar-refractivity contribution in [1.29, 1.82) is 0 Å². The Bertz CT molecular complexity index is 1650. The summed E-state index contributed by atoms with van der Waals surface area (Å²) in [4.78, 5) is 8.13. The molecule has 0 saturated heterocycles. The van der Waals surface area contributed by atoms with Crippen LogP contribution in [0.1, 0.15) is 11.3 Å². The van der Waals surface area contributed by atoms with E-state index in [1.807, 2.05) is 0 Å². The smallest absolute Gasteiger partial charge is 0.416 e. The quantitative estimate of drug-likeness (QED) is 0.308. The Hall–Kier alpha value is -3.99. The molecule has 0 spiro atoms. The van der Waals surface area contributed by atoms with E-state index in [-0.39, 0.29) is 39.2 Å². The Labute approximate surface area is 214 Å². The highest BCUT2D eigenvalue weighted by molar-refractivity contribution is 8.09. The summed E-state index contributed by atoms with van der Waals surface area (Å²) in [5.74, 6) is -0.169. The summed E-state index contributed by atoms with van der Waals surface area (Å²) >= 11 is 0. The average Bonchev–Trinajstić information content (AvgIpc) is 3.42. The second-order valence-corrected chi connectivity index (χ2v) is 11.9. The molecule has 12 nitrogen and oxygen atoms in total. The molecule has 0 N–H and O–H groups in total. The van der Waals surface area contributed by atoms with Crippen LogP contribution in [-0.4, -0.2) is 54.3 Å². The van der Waals surface area contributed by atoms with Crippen molar-refractivity contribution in [3.05, 3.63) is 60.0 Å². The molecule has 202 valence electrons. The zero-order chi connectivity index (χ0) is 27.9. The first-order valence-electron chi connectivity index (χ1n) is 10.5. The Morgan fingerprint density at radius 2 is 1.71 bits per heavy atom. The molecule has 0 saturated carbocycles. The Morgan fingerprint density at radius 3 is 2.32 bits per heavy atom. The summed E-state index contributed by atoms with van der Waals surface area (Å²) in [7, 11) is -6.82. The maximum absolute atomic E-state index is 12.8. The van der Waals surface area contributed by atoms with Crippen molar-refractivity contribution in [2.24, 2.45) is 7.05 Å². The van der Waals surface area contributed by atoms with Crippen LogP contribution >= 0.6 is 0 Å². The molecule has 1 aromatic carbocycles. The van der Waals surface area contributed by atoms with E-state index in [2.05, 4.69) is 20.2 Å². The number of hydrogen-bond donors (Lipinski definition) is 0. The van der Waals surface area contributed by atoms with Crippen LogP contribution in [0.25, 0.3) is 22.8 Å². The maximum Gasteiger partial charge on any atom is 0.416 e. The Morgan fingerprint density at radius 1 is 1.05 bits per heavy atom. The number of rotatable bonds is 8. The molecule has 3 heterocycles. The highest BCUT2D eigenvalue weighted by Crippen LogP contribution is 2.31. The van der Waals surface area contributed by atoms with Crippen LogP contribution in [0.2, 0.25) is 0 Å². The number of sulfonamides is 2. The van der Waals surface area contributed by atoms with Gasteiger partial charge in [-0.2, -0.15) is 23.3 Å². The molecular weight excluding hydrogens is 553 g/mol. The van der Waals surface area contributed by atoms with E-state index in [9.17, 15) is 30.0 Å². The molecule has 0 fully saturated rings. The summed E-state index contributed by atoms with van der Waals surface area (Å²) < 4.78 is 99.2. The minimum absolute atomic E-state index is 0.00376. The lowest BCUT2D eigenvalue weighted by Crippen LogP contribution is -2.35. The van der Waals surface area contributed by atoms with Gasteiger partial charge in [0.05, 0.1) is 35.5 Å². The fraction of sp³-hybridized carbons (Fsp3) is 0.238. The average molecular weight is 573 g/mol. The topological polar surface area (TPSA) is 150 Å². The van der Waals surface area contributed by atoms with Crippen LogP contribution in [-0.2, 0) is 39.9 Å². The second-order valence-electron chi connectivity index (χ2n) is 7.99. The largest absolute Gasteiger partial charge is 0.487 e.